The van der Waals surface area contributed by atoms with E-state index < -0.39 is 11.3 Å². The molecule has 0 radical (unpaired) electrons. The normalized spacial score (nSPS) is 13.2. The number of carbonyl (C=O) groups excluding carboxylic acids is 1. The van der Waals surface area contributed by atoms with Crippen LogP contribution in [0.4, 0.5) is 4.39 Å². The summed E-state index contributed by atoms with van der Waals surface area (Å²) in [5.41, 5.74) is 1.54. The number of halogens is 1. The molecule has 0 bridgehead atoms. The van der Waals surface area contributed by atoms with Gasteiger partial charge in [-0.3, -0.25) is 9.59 Å². The zero-order valence-corrected chi connectivity index (χ0v) is 20.3. The highest BCUT2D eigenvalue weighted by Gasteiger charge is 2.24. The molecule has 1 amide bonds. The van der Waals surface area contributed by atoms with Crippen LogP contribution < -0.4 is 10.9 Å². The number of hydrogen-bond donors (Lipinski definition) is 2. The number of rotatable bonds is 7. The summed E-state index contributed by atoms with van der Waals surface area (Å²) in [7, 11) is 1.84. The van der Waals surface area contributed by atoms with Crippen molar-refractivity contribution >= 4 is 39.2 Å². The van der Waals surface area contributed by atoms with Crippen molar-refractivity contribution in [3.8, 4) is 0 Å². The Bertz CT molecular complexity index is 1360. The number of hydrogen-bond acceptors (Lipinski definition) is 6. The van der Waals surface area contributed by atoms with Gasteiger partial charge in [-0.15, -0.1) is 23.1 Å². The molecular weight excluding hydrogens is 461 g/mol. The van der Waals surface area contributed by atoms with Crippen molar-refractivity contribution in [3.63, 3.8) is 0 Å². The monoisotopic (exact) mass is 485 g/mol. The fourth-order valence-corrected chi connectivity index (χ4v) is 5.33. The minimum absolute atomic E-state index is 0.152. The van der Waals surface area contributed by atoms with Crippen LogP contribution in [-0.2, 0) is 17.6 Å². The van der Waals surface area contributed by atoms with Crippen molar-refractivity contribution in [1.82, 2.24) is 24.8 Å². The SMILES string of the molecule is Cc1sc2nc(CS[C@H](C)C(=O)N[C@@H](c3ccc(F)cc3)c3nccn3C)[nH]c(=O)c2c1C. The van der Waals surface area contributed by atoms with E-state index in [1.165, 1.54) is 35.2 Å². The number of benzene rings is 1. The summed E-state index contributed by atoms with van der Waals surface area (Å²) in [5.74, 6) is 1.04. The van der Waals surface area contributed by atoms with Gasteiger partial charge in [-0.05, 0) is 44.0 Å². The van der Waals surface area contributed by atoms with Gasteiger partial charge < -0.3 is 14.9 Å². The van der Waals surface area contributed by atoms with Crippen LogP contribution in [-0.4, -0.2) is 30.7 Å². The second kappa shape index (κ2) is 9.48. The maximum atomic E-state index is 13.4. The first-order valence-corrected chi connectivity index (χ1v) is 12.2. The molecule has 0 aliphatic carbocycles. The number of carbonyl (C=O) groups is 1. The van der Waals surface area contributed by atoms with E-state index in [0.717, 1.165) is 16.0 Å². The van der Waals surface area contributed by atoms with Gasteiger partial charge in [0.05, 0.1) is 16.4 Å². The number of thiophene rings is 1. The number of nitrogens with one attached hydrogen (secondary N) is 2. The second-order valence-electron chi connectivity index (χ2n) is 7.82. The van der Waals surface area contributed by atoms with Crippen molar-refractivity contribution in [3.05, 3.63) is 80.5 Å². The van der Waals surface area contributed by atoms with Gasteiger partial charge in [-0.2, -0.15) is 0 Å². The van der Waals surface area contributed by atoms with Crippen LogP contribution in [0.15, 0.2) is 41.5 Å². The minimum atomic E-state index is -0.521. The van der Waals surface area contributed by atoms with E-state index in [-0.39, 0.29) is 17.3 Å². The number of nitrogens with zero attached hydrogens (tertiary/aromatic N) is 3. The highest BCUT2D eigenvalue weighted by molar-refractivity contribution is 7.99. The minimum Gasteiger partial charge on any atom is -0.341 e. The summed E-state index contributed by atoms with van der Waals surface area (Å²) in [6.45, 7) is 5.70. The molecular formula is C23H24FN5O2S2. The lowest BCUT2D eigenvalue weighted by atomic mass is 10.1. The fourth-order valence-electron chi connectivity index (χ4n) is 3.51. The van der Waals surface area contributed by atoms with Crippen molar-refractivity contribution in [2.75, 3.05) is 0 Å². The third-order valence-corrected chi connectivity index (χ3v) is 7.79. The maximum absolute atomic E-state index is 13.4. The Labute approximate surface area is 198 Å². The number of H-pyrrole nitrogens is 1. The van der Waals surface area contributed by atoms with Gasteiger partial charge in [0, 0.05) is 24.3 Å². The Kier molecular flexibility index (Phi) is 6.66. The van der Waals surface area contributed by atoms with Crippen molar-refractivity contribution in [2.24, 2.45) is 7.05 Å². The first kappa shape index (κ1) is 23.2. The standard InChI is InChI=1S/C23H24FN5O2S2/c1-12-13(2)33-23-18(12)22(31)26-17(27-23)11-32-14(3)21(30)28-19(20-25-9-10-29(20)4)15-5-7-16(24)8-6-15/h5-10,14,19H,11H2,1-4H3,(H,28,30)(H,26,27,31)/t14-,19+/m1/s1. The highest BCUT2D eigenvalue weighted by Crippen LogP contribution is 2.27. The summed E-state index contributed by atoms with van der Waals surface area (Å²) in [6, 6.07) is 5.49. The molecule has 4 rings (SSSR count). The molecule has 1 aromatic carbocycles. The van der Waals surface area contributed by atoms with Crippen LogP contribution in [0.3, 0.4) is 0 Å². The Hall–Kier alpha value is -2.98. The highest BCUT2D eigenvalue weighted by atomic mass is 32.2. The molecule has 10 heteroatoms. The van der Waals surface area contributed by atoms with Crippen molar-refractivity contribution in [1.29, 1.82) is 0 Å². The fraction of sp³-hybridized carbons (Fsp3) is 0.304. The van der Waals surface area contributed by atoms with Gasteiger partial charge in [0.1, 0.15) is 28.3 Å². The van der Waals surface area contributed by atoms with Gasteiger partial charge in [0.15, 0.2) is 0 Å². The molecule has 2 N–H and O–H groups in total. The lowest BCUT2D eigenvalue weighted by Gasteiger charge is -2.21. The van der Waals surface area contributed by atoms with Crippen LogP contribution in [0.1, 0.15) is 40.6 Å². The van der Waals surface area contributed by atoms with Crippen LogP contribution >= 0.6 is 23.1 Å². The molecule has 2 atom stereocenters. The molecule has 3 heterocycles. The molecule has 3 aromatic heterocycles. The lowest BCUT2D eigenvalue weighted by Crippen LogP contribution is -2.36. The van der Waals surface area contributed by atoms with Crippen LogP contribution in [0.5, 0.6) is 0 Å². The molecule has 0 aliphatic heterocycles. The van der Waals surface area contributed by atoms with Gasteiger partial charge >= 0.3 is 0 Å². The summed E-state index contributed by atoms with van der Waals surface area (Å²) in [4.78, 5) is 39.1. The molecule has 7 nitrogen and oxygen atoms in total. The number of imidazole rings is 1. The Morgan fingerprint density at radius 1 is 1.30 bits per heavy atom. The Balaban J connectivity index is 1.49. The third-order valence-electron chi connectivity index (χ3n) is 5.53. The molecule has 0 spiro atoms. The van der Waals surface area contributed by atoms with E-state index in [2.05, 4.69) is 20.3 Å². The largest absolute Gasteiger partial charge is 0.341 e. The predicted molar refractivity (Wildman–Crippen MR) is 130 cm³/mol. The summed E-state index contributed by atoms with van der Waals surface area (Å²) in [5, 5.41) is 3.25. The van der Waals surface area contributed by atoms with E-state index in [1.54, 1.807) is 31.5 Å². The number of amides is 1. The molecule has 0 aliphatic rings. The molecule has 0 unspecified atom stereocenters. The van der Waals surface area contributed by atoms with Crippen LogP contribution in [0.2, 0.25) is 0 Å². The average molecular weight is 486 g/mol. The average Bonchev–Trinajstić information content (AvgIpc) is 3.33. The van der Waals surface area contributed by atoms with E-state index >= 15 is 0 Å². The van der Waals surface area contributed by atoms with E-state index in [9.17, 15) is 14.0 Å². The van der Waals surface area contributed by atoms with Gasteiger partial charge in [0.25, 0.3) is 5.56 Å². The zero-order valence-electron chi connectivity index (χ0n) is 18.7. The smallest absolute Gasteiger partial charge is 0.259 e. The number of fused-ring (bicyclic) bond motifs is 1. The van der Waals surface area contributed by atoms with E-state index in [4.69, 9.17) is 0 Å². The predicted octanol–water partition coefficient (Wildman–Crippen LogP) is 4.00. The first-order chi connectivity index (χ1) is 15.7. The first-order valence-electron chi connectivity index (χ1n) is 10.4. The van der Waals surface area contributed by atoms with Gasteiger partial charge in [-0.25, -0.2) is 14.4 Å². The molecule has 0 saturated carbocycles. The molecule has 4 aromatic rings. The molecule has 33 heavy (non-hydrogen) atoms. The van der Waals surface area contributed by atoms with E-state index in [1.807, 2.05) is 25.5 Å². The van der Waals surface area contributed by atoms with Crippen molar-refractivity contribution < 1.29 is 9.18 Å². The van der Waals surface area contributed by atoms with Gasteiger partial charge in [0.2, 0.25) is 5.91 Å². The number of aromatic nitrogens is 4. The molecule has 172 valence electrons. The van der Waals surface area contributed by atoms with Crippen molar-refractivity contribution in [2.45, 2.75) is 37.8 Å². The quantitative estimate of drug-likeness (QED) is 0.413. The van der Waals surface area contributed by atoms with Gasteiger partial charge in [-0.1, -0.05) is 12.1 Å². The zero-order chi connectivity index (χ0) is 23.7. The third kappa shape index (κ3) is 4.86. The number of thioether (sulfide) groups is 1. The summed E-state index contributed by atoms with van der Waals surface area (Å²) < 4.78 is 15.3. The molecule has 0 saturated heterocycles. The summed E-state index contributed by atoms with van der Waals surface area (Å²) in [6.07, 6.45) is 3.45. The van der Waals surface area contributed by atoms with Crippen LogP contribution in [0.25, 0.3) is 10.2 Å². The Morgan fingerprint density at radius 2 is 2.03 bits per heavy atom. The second-order valence-corrected chi connectivity index (χ2v) is 10.4. The number of aryl methyl sites for hydroxylation is 3. The van der Waals surface area contributed by atoms with Crippen LogP contribution in [0, 0.1) is 19.7 Å². The topological polar surface area (TPSA) is 92.7 Å². The summed E-state index contributed by atoms with van der Waals surface area (Å²) >= 11 is 2.88. The number of aromatic amines is 1. The lowest BCUT2D eigenvalue weighted by molar-refractivity contribution is -0.120. The Morgan fingerprint density at radius 3 is 2.70 bits per heavy atom. The molecule has 0 fully saturated rings. The van der Waals surface area contributed by atoms with E-state index in [0.29, 0.717) is 27.6 Å². The maximum Gasteiger partial charge on any atom is 0.259 e.